The van der Waals surface area contributed by atoms with Crippen LogP contribution in [0.1, 0.15) is 32.3 Å². The van der Waals surface area contributed by atoms with Gasteiger partial charge in [0.1, 0.15) is 0 Å². The summed E-state index contributed by atoms with van der Waals surface area (Å²) < 4.78 is 56.6. The normalized spacial score (nSPS) is 16.4. The van der Waals surface area contributed by atoms with Crippen LogP contribution >= 0.6 is 23.5 Å². The fourth-order valence-electron chi connectivity index (χ4n) is 1.82. The molecule has 0 radical (unpaired) electrons. The van der Waals surface area contributed by atoms with E-state index in [-0.39, 0.29) is 30.0 Å². The molecule has 1 aliphatic heterocycles. The molecule has 0 spiro atoms. The van der Waals surface area contributed by atoms with Crippen molar-refractivity contribution in [2.45, 2.75) is 26.7 Å². The van der Waals surface area contributed by atoms with E-state index in [0.29, 0.717) is 17.3 Å². The molecular weight excluding hydrogens is 409 g/mol. The third-order valence-corrected chi connectivity index (χ3v) is 6.10. The zero-order chi connectivity index (χ0) is 17.1. The smallest absolute Gasteiger partial charge is 0.365 e. The Morgan fingerprint density at radius 3 is 2.39 bits per heavy atom. The van der Waals surface area contributed by atoms with Gasteiger partial charge in [0.05, 0.1) is 18.8 Å². The van der Waals surface area contributed by atoms with E-state index in [0.717, 1.165) is 0 Å². The largest absolute Gasteiger partial charge is 0.429 e. The van der Waals surface area contributed by atoms with Gasteiger partial charge in [0.25, 0.3) is 0 Å². The SMILES string of the molecule is CCCOP(=O)(OCCC)C1=NS(=O)(=O)Oc2ccc(Br)cc21. The zero-order valence-corrected chi connectivity index (χ0v) is 16.0. The number of benzene rings is 1. The lowest BCUT2D eigenvalue weighted by Gasteiger charge is -2.23. The van der Waals surface area contributed by atoms with Crippen LogP contribution in [0.25, 0.3) is 0 Å². The van der Waals surface area contributed by atoms with Crippen molar-refractivity contribution in [1.29, 1.82) is 0 Å². The maximum atomic E-state index is 13.1. The summed E-state index contributed by atoms with van der Waals surface area (Å²) in [6.45, 7) is 4.00. The number of rotatable bonds is 7. The summed E-state index contributed by atoms with van der Waals surface area (Å²) in [6.07, 6.45) is 1.20. The van der Waals surface area contributed by atoms with Crippen molar-refractivity contribution in [1.82, 2.24) is 0 Å². The highest BCUT2D eigenvalue weighted by Crippen LogP contribution is 2.54. The van der Waals surface area contributed by atoms with Crippen molar-refractivity contribution in [3.8, 4) is 5.75 Å². The third kappa shape index (κ3) is 4.42. The second-order valence-electron chi connectivity index (χ2n) is 4.73. The van der Waals surface area contributed by atoms with Gasteiger partial charge in [0.2, 0.25) is 0 Å². The molecular formula is C13H17BrNO6PS. The van der Waals surface area contributed by atoms with Gasteiger partial charge in [0, 0.05) is 4.47 Å². The lowest BCUT2D eigenvalue weighted by molar-refractivity contribution is 0.216. The quantitative estimate of drug-likeness (QED) is 0.615. The van der Waals surface area contributed by atoms with Crippen molar-refractivity contribution >= 4 is 39.3 Å². The molecule has 0 atom stereocenters. The van der Waals surface area contributed by atoms with Gasteiger partial charge < -0.3 is 13.2 Å². The topological polar surface area (TPSA) is 91.3 Å². The van der Waals surface area contributed by atoms with Gasteiger partial charge in [-0.3, -0.25) is 4.57 Å². The molecule has 0 unspecified atom stereocenters. The van der Waals surface area contributed by atoms with Crippen LogP contribution in [0, 0.1) is 0 Å². The minimum atomic E-state index is -4.25. The highest BCUT2D eigenvalue weighted by molar-refractivity contribution is 9.10. The van der Waals surface area contributed by atoms with Gasteiger partial charge in [-0.15, -0.1) is 4.40 Å². The first-order chi connectivity index (χ1) is 10.8. The number of halogens is 1. The van der Waals surface area contributed by atoms with Crippen molar-refractivity contribution in [3.05, 3.63) is 28.2 Å². The first kappa shape index (κ1) is 18.6. The van der Waals surface area contributed by atoms with Gasteiger partial charge in [-0.25, -0.2) is 0 Å². The molecule has 1 heterocycles. The van der Waals surface area contributed by atoms with Crippen LogP contribution in [0.3, 0.4) is 0 Å². The standard InChI is InChI=1S/C13H17BrNO6PS/c1-3-7-19-22(16,20-8-4-2)13-11-9-10(14)5-6-12(11)21-23(17,18)15-13/h5-6,9H,3-4,7-8H2,1-2H3. The Hall–Kier alpha value is -0.730. The lowest BCUT2D eigenvalue weighted by atomic mass is 10.2. The minimum absolute atomic E-state index is 0.0404. The Morgan fingerprint density at radius 1 is 1.22 bits per heavy atom. The number of nitrogens with zero attached hydrogens (tertiary/aromatic N) is 1. The molecule has 0 aromatic heterocycles. The van der Waals surface area contributed by atoms with Crippen LogP contribution in [0.5, 0.6) is 5.75 Å². The van der Waals surface area contributed by atoms with E-state index in [4.69, 9.17) is 13.2 Å². The third-order valence-electron chi connectivity index (χ3n) is 2.77. The average Bonchev–Trinajstić information content (AvgIpc) is 2.50. The summed E-state index contributed by atoms with van der Waals surface area (Å²) in [4.78, 5) is 0. The lowest BCUT2D eigenvalue weighted by Crippen LogP contribution is -2.20. The molecule has 2 rings (SSSR count). The summed E-state index contributed by atoms with van der Waals surface area (Å²) in [5, 5.41) is 0. The van der Waals surface area contributed by atoms with Crippen LogP contribution < -0.4 is 4.18 Å². The number of hydrogen-bond acceptors (Lipinski definition) is 6. The summed E-state index contributed by atoms with van der Waals surface area (Å²) in [5.74, 6) is 0.0404. The Kier molecular flexibility index (Phi) is 6.02. The summed E-state index contributed by atoms with van der Waals surface area (Å²) in [7, 11) is -8.14. The molecule has 1 aromatic carbocycles. The highest BCUT2D eigenvalue weighted by Gasteiger charge is 2.40. The van der Waals surface area contributed by atoms with E-state index < -0.39 is 17.9 Å². The van der Waals surface area contributed by atoms with Crippen molar-refractivity contribution < 1.29 is 26.2 Å². The number of fused-ring (bicyclic) bond motifs is 1. The summed E-state index contributed by atoms with van der Waals surface area (Å²) >= 11 is 3.29. The van der Waals surface area contributed by atoms with Crippen LogP contribution in [0.2, 0.25) is 0 Å². The van der Waals surface area contributed by atoms with Crippen LogP contribution in [-0.2, 0) is 23.9 Å². The van der Waals surface area contributed by atoms with Crippen LogP contribution in [0.15, 0.2) is 27.1 Å². The van der Waals surface area contributed by atoms with Crippen LogP contribution in [-0.4, -0.2) is 27.1 Å². The molecule has 0 amide bonds. The molecule has 0 N–H and O–H groups in total. The first-order valence-corrected chi connectivity index (χ1v) is 10.8. The molecule has 128 valence electrons. The fraction of sp³-hybridized carbons (Fsp3) is 0.462. The molecule has 10 heteroatoms. The monoisotopic (exact) mass is 425 g/mol. The van der Waals surface area contributed by atoms with Gasteiger partial charge >= 0.3 is 17.9 Å². The van der Waals surface area contributed by atoms with E-state index in [1.165, 1.54) is 6.07 Å². The van der Waals surface area contributed by atoms with Crippen molar-refractivity contribution in [3.63, 3.8) is 0 Å². The van der Waals surface area contributed by atoms with Gasteiger partial charge in [-0.2, -0.15) is 8.42 Å². The van der Waals surface area contributed by atoms with Gasteiger partial charge in [-0.1, -0.05) is 29.8 Å². The highest BCUT2D eigenvalue weighted by atomic mass is 79.9. The Balaban J connectivity index is 2.57. The molecule has 23 heavy (non-hydrogen) atoms. The van der Waals surface area contributed by atoms with E-state index in [2.05, 4.69) is 20.3 Å². The minimum Gasteiger partial charge on any atom is -0.365 e. The first-order valence-electron chi connectivity index (χ1n) is 7.05. The van der Waals surface area contributed by atoms with E-state index in [1.54, 1.807) is 12.1 Å². The van der Waals surface area contributed by atoms with E-state index in [1.807, 2.05) is 13.8 Å². The summed E-state index contributed by atoms with van der Waals surface area (Å²) in [6, 6.07) is 4.64. The Labute approximate surface area is 144 Å². The maximum absolute atomic E-state index is 13.1. The van der Waals surface area contributed by atoms with Gasteiger partial charge in [0.15, 0.2) is 11.2 Å². The molecule has 1 aromatic rings. The molecule has 0 aliphatic carbocycles. The predicted octanol–water partition coefficient (Wildman–Crippen LogP) is 3.88. The molecule has 1 aliphatic rings. The maximum Gasteiger partial charge on any atom is 0.429 e. The Bertz CT molecular complexity index is 752. The second-order valence-corrected chi connectivity index (χ2v) is 8.79. The second kappa shape index (κ2) is 7.44. The zero-order valence-electron chi connectivity index (χ0n) is 12.7. The van der Waals surface area contributed by atoms with Crippen molar-refractivity contribution in [2.75, 3.05) is 13.2 Å². The summed E-state index contributed by atoms with van der Waals surface area (Å²) in [5.41, 5.74) is 0.0201. The van der Waals surface area contributed by atoms with Gasteiger partial charge in [-0.05, 0) is 31.0 Å². The molecule has 0 bridgehead atoms. The van der Waals surface area contributed by atoms with E-state index in [9.17, 15) is 13.0 Å². The van der Waals surface area contributed by atoms with Crippen molar-refractivity contribution in [2.24, 2.45) is 4.40 Å². The molecule has 0 saturated carbocycles. The van der Waals surface area contributed by atoms with E-state index >= 15 is 0 Å². The molecule has 7 nitrogen and oxygen atoms in total. The number of hydrogen-bond donors (Lipinski definition) is 0. The average molecular weight is 426 g/mol. The fourth-order valence-corrected chi connectivity index (χ4v) is 5.23. The predicted molar refractivity (Wildman–Crippen MR) is 90.3 cm³/mol. The molecule has 0 saturated heterocycles. The van der Waals surface area contributed by atoms with Crippen LogP contribution in [0.4, 0.5) is 0 Å². The Morgan fingerprint density at radius 2 is 1.83 bits per heavy atom. The molecule has 0 fully saturated rings.